The molecule has 0 unspecified atom stereocenters. The molecule has 3 heterocycles. The highest BCUT2D eigenvalue weighted by Crippen LogP contribution is 2.15. The van der Waals surface area contributed by atoms with Gasteiger partial charge in [0.2, 0.25) is 0 Å². The molecule has 1 fully saturated rings. The molecule has 0 radical (unpaired) electrons. The Labute approximate surface area is 142 Å². The minimum atomic E-state index is -0.0931. The molecule has 1 saturated heterocycles. The van der Waals surface area contributed by atoms with Gasteiger partial charge in [-0.2, -0.15) is 0 Å². The summed E-state index contributed by atoms with van der Waals surface area (Å²) in [7, 11) is 1.78. The summed E-state index contributed by atoms with van der Waals surface area (Å²) in [6, 6.07) is -0.0931. The van der Waals surface area contributed by atoms with Gasteiger partial charge in [0.1, 0.15) is 5.82 Å². The van der Waals surface area contributed by atoms with E-state index in [0.717, 1.165) is 56.9 Å². The van der Waals surface area contributed by atoms with Crippen molar-refractivity contribution >= 4 is 6.03 Å². The molecular formula is C16H27N5O3. The predicted molar refractivity (Wildman–Crippen MR) is 87.6 cm³/mol. The van der Waals surface area contributed by atoms with Crippen molar-refractivity contribution in [3.05, 3.63) is 11.6 Å². The van der Waals surface area contributed by atoms with Crippen LogP contribution in [0.3, 0.4) is 0 Å². The lowest BCUT2D eigenvalue weighted by atomic mass is 10.2. The van der Waals surface area contributed by atoms with Crippen molar-refractivity contribution in [3.63, 3.8) is 0 Å². The molecule has 8 heteroatoms. The van der Waals surface area contributed by atoms with E-state index < -0.39 is 0 Å². The van der Waals surface area contributed by atoms with Crippen molar-refractivity contribution in [2.45, 2.75) is 51.3 Å². The first kappa shape index (κ1) is 17.2. The van der Waals surface area contributed by atoms with Gasteiger partial charge in [-0.1, -0.05) is 0 Å². The summed E-state index contributed by atoms with van der Waals surface area (Å²) in [5, 5.41) is 11.3. The summed E-state index contributed by atoms with van der Waals surface area (Å²) in [6.07, 6.45) is 5.37. The zero-order valence-corrected chi connectivity index (χ0v) is 14.4. The molecule has 1 N–H and O–H groups in total. The van der Waals surface area contributed by atoms with E-state index in [1.165, 1.54) is 0 Å². The van der Waals surface area contributed by atoms with Crippen molar-refractivity contribution in [2.24, 2.45) is 0 Å². The minimum Gasteiger partial charge on any atom is -0.379 e. The third-order valence-electron chi connectivity index (χ3n) is 4.48. The Hall–Kier alpha value is -1.67. The number of fused-ring (bicyclic) bond motifs is 1. The van der Waals surface area contributed by atoms with E-state index in [2.05, 4.69) is 20.1 Å². The standard InChI is InChI=1S/C16H27N5O3/c1-20(11-15-19-18-14-6-2-8-21(14)15)16(22)17-7-4-9-23-12-13-5-3-10-24-13/h13H,2-12H2,1H3,(H,17,22)/t13-/m0/s1. The molecule has 0 spiro atoms. The number of aryl methyl sites for hydroxylation is 1. The van der Waals surface area contributed by atoms with E-state index in [1.807, 2.05) is 0 Å². The maximum atomic E-state index is 12.1. The molecule has 2 amide bonds. The van der Waals surface area contributed by atoms with Gasteiger partial charge >= 0.3 is 6.03 Å². The first-order chi connectivity index (χ1) is 11.7. The van der Waals surface area contributed by atoms with Crippen molar-refractivity contribution in [1.82, 2.24) is 25.0 Å². The lowest BCUT2D eigenvalue weighted by molar-refractivity contribution is 0.0167. The third-order valence-corrected chi connectivity index (χ3v) is 4.48. The van der Waals surface area contributed by atoms with Gasteiger partial charge in [-0.15, -0.1) is 10.2 Å². The van der Waals surface area contributed by atoms with Crippen LogP contribution in [0.1, 0.15) is 37.3 Å². The quantitative estimate of drug-likeness (QED) is 0.714. The second-order valence-corrected chi connectivity index (χ2v) is 6.44. The zero-order chi connectivity index (χ0) is 16.8. The summed E-state index contributed by atoms with van der Waals surface area (Å²) >= 11 is 0. The summed E-state index contributed by atoms with van der Waals surface area (Å²) in [5.41, 5.74) is 0. The van der Waals surface area contributed by atoms with Gasteiger partial charge in [-0.25, -0.2) is 4.79 Å². The van der Waals surface area contributed by atoms with Crippen LogP contribution in [0.2, 0.25) is 0 Å². The molecule has 0 aromatic carbocycles. The van der Waals surface area contributed by atoms with E-state index >= 15 is 0 Å². The highest BCUT2D eigenvalue weighted by atomic mass is 16.5. The monoisotopic (exact) mass is 337 g/mol. The first-order valence-corrected chi connectivity index (χ1v) is 8.83. The van der Waals surface area contributed by atoms with Crippen LogP contribution in [0.25, 0.3) is 0 Å². The zero-order valence-electron chi connectivity index (χ0n) is 14.4. The Balaban J connectivity index is 1.28. The van der Waals surface area contributed by atoms with Crippen molar-refractivity contribution in [2.75, 3.05) is 33.4 Å². The SMILES string of the molecule is CN(Cc1nnc2n1CCC2)C(=O)NCCCOC[C@@H]1CCCO1. The number of aromatic nitrogens is 3. The molecule has 134 valence electrons. The molecule has 24 heavy (non-hydrogen) atoms. The Morgan fingerprint density at radius 1 is 1.46 bits per heavy atom. The number of hydrogen-bond donors (Lipinski definition) is 1. The summed E-state index contributed by atoms with van der Waals surface area (Å²) in [4.78, 5) is 13.7. The van der Waals surface area contributed by atoms with E-state index in [0.29, 0.717) is 26.3 Å². The average Bonchev–Trinajstić information content (AvgIpc) is 3.30. The fourth-order valence-corrected chi connectivity index (χ4v) is 3.11. The van der Waals surface area contributed by atoms with Gasteiger partial charge in [0.05, 0.1) is 19.3 Å². The molecule has 0 saturated carbocycles. The number of amides is 2. The van der Waals surface area contributed by atoms with Gasteiger partial charge in [-0.05, 0) is 25.7 Å². The van der Waals surface area contributed by atoms with Gasteiger partial charge in [0, 0.05) is 39.8 Å². The molecular weight excluding hydrogens is 310 g/mol. The Bertz CT molecular complexity index is 542. The molecule has 2 aliphatic rings. The number of rotatable bonds is 8. The fraction of sp³-hybridized carbons (Fsp3) is 0.812. The van der Waals surface area contributed by atoms with Crippen LogP contribution >= 0.6 is 0 Å². The maximum absolute atomic E-state index is 12.1. The second-order valence-electron chi connectivity index (χ2n) is 6.44. The van der Waals surface area contributed by atoms with Crippen LogP contribution in [0, 0.1) is 0 Å². The van der Waals surface area contributed by atoms with Gasteiger partial charge in [0.25, 0.3) is 0 Å². The highest BCUT2D eigenvalue weighted by molar-refractivity contribution is 5.73. The fourth-order valence-electron chi connectivity index (χ4n) is 3.11. The van der Waals surface area contributed by atoms with Gasteiger partial charge in [0.15, 0.2) is 5.82 Å². The predicted octanol–water partition coefficient (Wildman–Crippen LogP) is 0.951. The topological polar surface area (TPSA) is 81.5 Å². The smallest absolute Gasteiger partial charge is 0.317 e. The van der Waals surface area contributed by atoms with Crippen LogP contribution in [-0.4, -0.2) is 65.2 Å². The van der Waals surface area contributed by atoms with Crippen LogP contribution in [-0.2, 0) is 29.0 Å². The molecule has 0 aliphatic carbocycles. The highest BCUT2D eigenvalue weighted by Gasteiger charge is 2.19. The molecule has 8 nitrogen and oxygen atoms in total. The lowest BCUT2D eigenvalue weighted by Gasteiger charge is -2.17. The van der Waals surface area contributed by atoms with Crippen LogP contribution in [0.5, 0.6) is 0 Å². The molecule has 1 aromatic heterocycles. The number of ether oxygens (including phenoxy) is 2. The maximum Gasteiger partial charge on any atom is 0.317 e. The number of nitrogens with zero attached hydrogens (tertiary/aromatic N) is 4. The van der Waals surface area contributed by atoms with E-state index in [4.69, 9.17) is 9.47 Å². The Morgan fingerprint density at radius 2 is 2.38 bits per heavy atom. The second kappa shape index (κ2) is 8.43. The molecule has 2 aliphatic heterocycles. The summed E-state index contributed by atoms with van der Waals surface area (Å²) in [6.45, 7) is 4.19. The van der Waals surface area contributed by atoms with Crippen LogP contribution < -0.4 is 5.32 Å². The van der Waals surface area contributed by atoms with Crippen molar-refractivity contribution < 1.29 is 14.3 Å². The van der Waals surface area contributed by atoms with Crippen molar-refractivity contribution in [1.29, 1.82) is 0 Å². The molecule has 3 rings (SSSR count). The van der Waals surface area contributed by atoms with Crippen LogP contribution in [0.15, 0.2) is 0 Å². The lowest BCUT2D eigenvalue weighted by Crippen LogP contribution is -2.38. The van der Waals surface area contributed by atoms with Crippen LogP contribution in [0.4, 0.5) is 4.79 Å². The number of urea groups is 1. The molecule has 0 bridgehead atoms. The van der Waals surface area contributed by atoms with Gasteiger partial charge < -0.3 is 24.3 Å². The number of carbonyl (C=O) groups excluding carboxylic acids is 1. The largest absolute Gasteiger partial charge is 0.379 e. The summed E-state index contributed by atoms with van der Waals surface area (Å²) in [5.74, 6) is 1.89. The Kier molecular flexibility index (Phi) is 6.03. The molecule has 1 atom stereocenters. The number of carbonyl (C=O) groups is 1. The van der Waals surface area contributed by atoms with E-state index in [1.54, 1.807) is 11.9 Å². The first-order valence-electron chi connectivity index (χ1n) is 8.83. The summed E-state index contributed by atoms with van der Waals surface area (Å²) < 4.78 is 13.2. The molecule has 1 aromatic rings. The third kappa shape index (κ3) is 4.45. The van der Waals surface area contributed by atoms with Crippen molar-refractivity contribution in [3.8, 4) is 0 Å². The average molecular weight is 337 g/mol. The minimum absolute atomic E-state index is 0.0931. The normalized spacial score (nSPS) is 19.5. The Morgan fingerprint density at radius 3 is 3.21 bits per heavy atom. The number of nitrogens with one attached hydrogen (secondary N) is 1. The van der Waals surface area contributed by atoms with Gasteiger partial charge in [-0.3, -0.25) is 0 Å². The van der Waals surface area contributed by atoms with E-state index in [-0.39, 0.29) is 12.1 Å². The number of hydrogen-bond acceptors (Lipinski definition) is 5. The van der Waals surface area contributed by atoms with E-state index in [9.17, 15) is 4.79 Å².